The second kappa shape index (κ2) is 4.46. The van der Waals surface area contributed by atoms with Gasteiger partial charge in [-0.15, -0.1) is 12.4 Å². The van der Waals surface area contributed by atoms with Crippen LogP contribution >= 0.6 is 12.4 Å². The first-order valence-corrected chi connectivity index (χ1v) is 4.34. The zero-order valence-electron chi connectivity index (χ0n) is 7.73. The minimum absolute atomic E-state index is 0. The predicted octanol–water partition coefficient (Wildman–Crippen LogP) is 1.55. The van der Waals surface area contributed by atoms with Gasteiger partial charge < -0.3 is 16.5 Å². The van der Waals surface area contributed by atoms with Gasteiger partial charge in [-0.2, -0.15) is 0 Å². The van der Waals surface area contributed by atoms with Gasteiger partial charge in [-0.1, -0.05) is 18.2 Å². The van der Waals surface area contributed by atoms with Crippen LogP contribution in [0.15, 0.2) is 30.5 Å². The largest absolute Gasteiger partial charge is 0.361 e. The van der Waals surface area contributed by atoms with E-state index in [4.69, 9.17) is 11.5 Å². The van der Waals surface area contributed by atoms with Crippen molar-refractivity contribution in [3.05, 3.63) is 36.0 Å². The van der Waals surface area contributed by atoms with E-state index in [1.54, 1.807) is 0 Å². The number of fused-ring (bicyclic) bond motifs is 1. The molecule has 2 aromatic rings. The van der Waals surface area contributed by atoms with Crippen LogP contribution in [-0.4, -0.2) is 11.5 Å². The van der Waals surface area contributed by atoms with Gasteiger partial charge in [-0.05, 0) is 11.6 Å². The molecule has 4 heteroatoms. The maximum absolute atomic E-state index is 5.86. The molecule has 0 bridgehead atoms. The highest BCUT2D eigenvalue weighted by atomic mass is 35.5. The summed E-state index contributed by atoms with van der Waals surface area (Å²) in [6.07, 6.45) is 1.93. The normalized spacial score (nSPS) is 12.4. The van der Waals surface area contributed by atoms with E-state index < -0.39 is 0 Å². The van der Waals surface area contributed by atoms with E-state index in [2.05, 4.69) is 11.1 Å². The molecule has 3 nitrogen and oxygen atoms in total. The van der Waals surface area contributed by atoms with Gasteiger partial charge in [0.25, 0.3) is 0 Å². The number of nitrogens with one attached hydrogen (secondary N) is 1. The Morgan fingerprint density at radius 2 is 2.00 bits per heavy atom. The van der Waals surface area contributed by atoms with Crippen molar-refractivity contribution in [2.24, 2.45) is 11.5 Å². The van der Waals surface area contributed by atoms with Crippen molar-refractivity contribution >= 4 is 23.3 Å². The first kappa shape index (κ1) is 11.0. The second-order valence-electron chi connectivity index (χ2n) is 3.13. The lowest BCUT2D eigenvalue weighted by molar-refractivity contribution is 0.743. The quantitative estimate of drug-likeness (QED) is 0.706. The van der Waals surface area contributed by atoms with Gasteiger partial charge in [0.15, 0.2) is 0 Å². The Morgan fingerprint density at radius 1 is 1.29 bits per heavy atom. The number of aromatic nitrogens is 1. The molecule has 0 spiro atoms. The van der Waals surface area contributed by atoms with E-state index in [1.807, 2.05) is 24.4 Å². The van der Waals surface area contributed by atoms with Gasteiger partial charge in [0.2, 0.25) is 0 Å². The van der Waals surface area contributed by atoms with E-state index in [9.17, 15) is 0 Å². The van der Waals surface area contributed by atoms with E-state index >= 15 is 0 Å². The summed E-state index contributed by atoms with van der Waals surface area (Å²) in [5, 5.41) is 1.17. The number of aromatic amines is 1. The number of H-pyrrole nitrogens is 1. The molecular formula is C10H14ClN3. The first-order valence-electron chi connectivity index (χ1n) is 4.34. The molecule has 1 atom stereocenters. The third kappa shape index (κ3) is 1.75. The Kier molecular flexibility index (Phi) is 3.52. The topological polar surface area (TPSA) is 67.8 Å². The summed E-state index contributed by atoms with van der Waals surface area (Å²) < 4.78 is 0. The van der Waals surface area contributed by atoms with Crippen molar-refractivity contribution in [3.8, 4) is 0 Å². The van der Waals surface area contributed by atoms with Gasteiger partial charge in [0.05, 0.1) is 0 Å². The molecule has 2 rings (SSSR count). The summed E-state index contributed by atoms with van der Waals surface area (Å²) in [4.78, 5) is 3.17. The summed E-state index contributed by atoms with van der Waals surface area (Å²) in [7, 11) is 0. The molecule has 0 saturated carbocycles. The molecule has 0 saturated heterocycles. The minimum Gasteiger partial charge on any atom is -0.361 e. The zero-order chi connectivity index (χ0) is 9.26. The van der Waals surface area contributed by atoms with Gasteiger partial charge in [-0.25, -0.2) is 0 Å². The fraction of sp³-hybridized carbons (Fsp3) is 0.200. The molecule has 1 heterocycles. The third-order valence-electron chi connectivity index (χ3n) is 2.27. The van der Waals surface area contributed by atoms with Crippen LogP contribution in [0, 0.1) is 0 Å². The molecule has 76 valence electrons. The fourth-order valence-corrected chi connectivity index (χ4v) is 1.53. The number of hydrogen-bond donors (Lipinski definition) is 3. The number of hydrogen-bond acceptors (Lipinski definition) is 2. The van der Waals surface area contributed by atoms with Crippen LogP contribution in [0.5, 0.6) is 0 Å². The zero-order valence-corrected chi connectivity index (χ0v) is 8.55. The summed E-state index contributed by atoms with van der Waals surface area (Å²) in [6.45, 7) is 0.474. The molecule has 0 aliphatic heterocycles. The smallest absolute Gasteiger partial charge is 0.0457 e. The maximum atomic E-state index is 5.86. The Bertz CT molecular complexity index is 410. The highest BCUT2D eigenvalue weighted by Gasteiger charge is 2.08. The van der Waals surface area contributed by atoms with E-state index in [-0.39, 0.29) is 18.4 Å². The number of nitrogens with two attached hydrogens (primary N) is 2. The van der Waals surface area contributed by atoms with Crippen LogP contribution in [0.1, 0.15) is 11.6 Å². The Labute approximate surface area is 88.9 Å². The van der Waals surface area contributed by atoms with Crippen molar-refractivity contribution in [1.82, 2.24) is 4.98 Å². The van der Waals surface area contributed by atoms with E-state index in [0.29, 0.717) is 6.54 Å². The first-order chi connectivity index (χ1) is 6.33. The highest BCUT2D eigenvalue weighted by molar-refractivity contribution is 5.85. The Balaban J connectivity index is 0.000000980. The van der Waals surface area contributed by atoms with Gasteiger partial charge in [-0.3, -0.25) is 0 Å². The molecule has 5 N–H and O–H groups in total. The second-order valence-corrected chi connectivity index (χ2v) is 3.13. The molecule has 0 aliphatic rings. The van der Waals surface area contributed by atoms with Crippen molar-refractivity contribution in [2.45, 2.75) is 6.04 Å². The SMILES string of the molecule is Cl.NC[C@@H](N)c1c[nH]c2ccccc12. The van der Waals surface area contributed by atoms with Gasteiger partial charge in [0.1, 0.15) is 0 Å². The predicted molar refractivity (Wildman–Crippen MR) is 61.5 cm³/mol. The van der Waals surface area contributed by atoms with Crippen LogP contribution < -0.4 is 11.5 Å². The van der Waals surface area contributed by atoms with Gasteiger partial charge in [0, 0.05) is 29.7 Å². The van der Waals surface area contributed by atoms with Crippen LogP contribution in [0.2, 0.25) is 0 Å². The molecular weight excluding hydrogens is 198 g/mol. The summed E-state index contributed by atoms with van der Waals surface area (Å²) in [6, 6.07) is 8.01. The molecule has 1 aromatic heterocycles. The fourth-order valence-electron chi connectivity index (χ4n) is 1.53. The average molecular weight is 212 g/mol. The number of benzene rings is 1. The number of halogens is 1. The Hall–Kier alpha value is -1.03. The van der Waals surface area contributed by atoms with E-state index in [0.717, 1.165) is 11.1 Å². The minimum atomic E-state index is -0.0730. The molecule has 14 heavy (non-hydrogen) atoms. The third-order valence-corrected chi connectivity index (χ3v) is 2.27. The van der Waals surface area contributed by atoms with Crippen molar-refractivity contribution in [2.75, 3.05) is 6.54 Å². The standard InChI is InChI=1S/C10H13N3.ClH/c11-5-9(12)8-6-13-10-4-2-1-3-7(8)10;/h1-4,6,9,13H,5,11-12H2;1H/t9-;/m1./s1. The van der Waals surface area contributed by atoms with Crippen LogP contribution in [-0.2, 0) is 0 Å². The number of para-hydroxylation sites is 1. The van der Waals surface area contributed by atoms with Crippen molar-refractivity contribution in [3.63, 3.8) is 0 Å². The maximum Gasteiger partial charge on any atom is 0.0457 e. The average Bonchev–Trinajstić information content (AvgIpc) is 2.60. The molecule has 0 fully saturated rings. The van der Waals surface area contributed by atoms with Crippen LogP contribution in [0.4, 0.5) is 0 Å². The number of rotatable bonds is 2. The molecule has 0 radical (unpaired) electrons. The molecule has 0 unspecified atom stereocenters. The lowest BCUT2D eigenvalue weighted by Gasteiger charge is -2.06. The molecule has 1 aromatic carbocycles. The molecule has 0 aliphatic carbocycles. The lowest BCUT2D eigenvalue weighted by atomic mass is 10.1. The van der Waals surface area contributed by atoms with Crippen molar-refractivity contribution in [1.29, 1.82) is 0 Å². The monoisotopic (exact) mass is 211 g/mol. The highest BCUT2D eigenvalue weighted by Crippen LogP contribution is 2.21. The van der Waals surface area contributed by atoms with Crippen molar-refractivity contribution < 1.29 is 0 Å². The lowest BCUT2D eigenvalue weighted by Crippen LogP contribution is -2.20. The Morgan fingerprint density at radius 3 is 2.71 bits per heavy atom. The van der Waals surface area contributed by atoms with E-state index in [1.165, 1.54) is 5.39 Å². The van der Waals surface area contributed by atoms with Gasteiger partial charge >= 0.3 is 0 Å². The molecule has 0 amide bonds. The summed E-state index contributed by atoms with van der Waals surface area (Å²) in [5.41, 5.74) is 13.6. The summed E-state index contributed by atoms with van der Waals surface area (Å²) in [5.74, 6) is 0. The van der Waals surface area contributed by atoms with Crippen LogP contribution in [0.3, 0.4) is 0 Å². The summed E-state index contributed by atoms with van der Waals surface area (Å²) >= 11 is 0. The van der Waals surface area contributed by atoms with Crippen LogP contribution in [0.25, 0.3) is 10.9 Å².